The maximum atomic E-state index is 12.1. The minimum Gasteiger partial charge on any atom is -0.497 e. The van der Waals surface area contributed by atoms with E-state index in [0.29, 0.717) is 6.10 Å². The average molecular weight is 263 g/mol. The zero-order valence-corrected chi connectivity index (χ0v) is 11.5. The number of amides is 1. The Hall–Kier alpha value is -1.55. The maximum absolute atomic E-state index is 12.1. The van der Waals surface area contributed by atoms with Gasteiger partial charge in [-0.15, -0.1) is 0 Å². The van der Waals surface area contributed by atoms with Gasteiger partial charge in [0, 0.05) is 18.7 Å². The fourth-order valence-electron chi connectivity index (χ4n) is 2.48. The predicted molar refractivity (Wildman–Crippen MR) is 74.4 cm³/mol. The number of rotatable bonds is 4. The van der Waals surface area contributed by atoms with E-state index in [1.807, 2.05) is 24.3 Å². The summed E-state index contributed by atoms with van der Waals surface area (Å²) >= 11 is 0. The van der Waals surface area contributed by atoms with Gasteiger partial charge in [-0.25, -0.2) is 0 Å². The lowest BCUT2D eigenvalue weighted by Crippen LogP contribution is -2.29. The lowest BCUT2D eigenvalue weighted by Gasteiger charge is -2.26. The van der Waals surface area contributed by atoms with Gasteiger partial charge in [0.1, 0.15) is 5.75 Å². The highest BCUT2D eigenvalue weighted by molar-refractivity contribution is 5.92. The van der Waals surface area contributed by atoms with Crippen molar-refractivity contribution >= 4 is 11.6 Å². The molecule has 0 unspecified atom stereocenters. The minimum absolute atomic E-state index is 0.105. The molecule has 0 aromatic heterocycles. The zero-order chi connectivity index (χ0) is 13.7. The first-order valence-corrected chi connectivity index (χ1v) is 6.70. The molecule has 1 fully saturated rings. The molecule has 104 valence electrons. The number of hydrogen-bond donors (Lipinski definition) is 1. The highest BCUT2D eigenvalue weighted by atomic mass is 16.5. The molecule has 0 heterocycles. The van der Waals surface area contributed by atoms with Gasteiger partial charge in [-0.3, -0.25) is 4.79 Å². The molecule has 1 amide bonds. The van der Waals surface area contributed by atoms with Gasteiger partial charge in [-0.05, 0) is 49.9 Å². The van der Waals surface area contributed by atoms with Gasteiger partial charge in [0.2, 0.25) is 5.91 Å². The first-order valence-electron chi connectivity index (χ1n) is 6.70. The van der Waals surface area contributed by atoms with Gasteiger partial charge in [-0.2, -0.15) is 0 Å². The second-order valence-electron chi connectivity index (χ2n) is 4.93. The van der Waals surface area contributed by atoms with Crippen molar-refractivity contribution < 1.29 is 14.3 Å². The largest absolute Gasteiger partial charge is 0.497 e. The highest BCUT2D eigenvalue weighted by Gasteiger charge is 2.26. The van der Waals surface area contributed by atoms with Crippen molar-refractivity contribution in [1.29, 1.82) is 0 Å². The Morgan fingerprint density at radius 1 is 1.11 bits per heavy atom. The normalized spacial score (nSPS) is 22.8. The fourth-order valence-corrected chi connectivity index (χ4v) is 2.48. The smallest absolute Gasteiger partial charge is 0.227 e. The molecule has 0 bridgehead atoms. The standard InChI is InChI=1S/C15H21NO3/c1-18-13-7-3-11(4-8-13)15(17)16-12-5-9-14(19-2)10-6-12/h5-6,9-11,13H,3-4,7-8H2,1-2H3,(H,16,17). The predicted octanol–water partition coefficient (Wildman–Crippen LogP) is 2.84. The number of nitrogens with one attached hydrogen (secondary N) is 1. The molecule has 0 spiro atoms. The van der Waals surface area contributed by atoms with E-state index in [4.69, 9.17) is 9.47 Å². The number of hydrogen-bond acceptors (Lipinski definition) is 3. The average Bonchev–Trinajstić information content (AvgIpc) is 2.48. The monoisotopic (exact) mass is 263 g/mol. The molecule has 0 aliphatic heterocycles. The lowest BCUT2D eigenvalue weighted by molar-refractivity contribution is -0.121. The first-order chi connectivity index (χ1) is 9.22. The number of carbonyl (C=O) groups excluding carboxylic acids is 1. The van der Waals surface area contributed by atoms with Crippen molar-refractivity contribution in [3.05, 3.63) is 24.3 Å². The molecule has 0 atom stereocenters. The van der Waals surface area contributed by atoms with E-state index in [1.165, 1.54) is 0 Å². The van der Waals surface area contributed by atoms with Gasteiger partial charge in [-0.1, -0.05) is 0 Å². The van der Waals surface area contributed by atoms with Gasteiger partial charge in [0.15, 0.2) is 0 Å². The Balaban J connectivity index is 1.86. The van der Waals surface area contributed by atoms with Crippen LogP contribution in [0, 0.1) is 5.92 Å². The highest BCUT2D eigenvalue weighted by Crippen LogP contribution is 2.27. The summed E-state index contributed by atoms with van der Waals surface area (Å²) in [6.07, 6.45) is 4.07. The third kappa shape index (κ3) is 3.70. The van der Waals surface area contributed by atoms with Crippen molar-refractivity contribution in [2.45, 2.75) is 31.8 Å². The summed E-state index contributed by atoms with van der Waals surface area (Å²) in [7, 11) is 3.37. The van der Waals surface area contributed by atoms with E-state index in [-0.39, 0.29) is 11.8 Å². The molecular formula is C15H21NO3. The summed E-state index contributed by atoms with van der Waals surface area (Å²) in [4.78, 5) is 12.1. The summed E-state index contributed by atoms with van der Waals surface area (Å²) < 4.78 is 10.4. The Morgan fingerprint density at radius 2 is 1.74 bits per heavy atom. The van der Waals surface area contributed by atoms with Crippen LogP contribution in [-0.4, -0.2) is 26.2 Å². The van der Waals surface area contributed by atoms with Crippen molar-refractivity contribution in [3.8, 4) is 5.75 Å². The van der Waals surface area contributed by atoms with E-state index in [0.717, 1.165) is 37.1 Å². The molecule has 1 aliphatic rings. The zero-order valence-electron chi connectivity index (χ0n) is 11.5. The summed E-state index contributed by atoms with van der Waals surface area (Å²) in [6, 6.07) is 7.41. The van der Waals surface area contributed by atoms with Gasteiger partial charge >= 0.3 is 0 Å². The Labute approximate surface area is 114 Å². The molecule has 2 rings (SSSR count). The SMILES string of the molecule is COc1ccc(NC(=O)C2CCC(OC)CC2)cc1. The molecular weight excluding hydrogens is 242 g/mol. The van der Waals surface area contributed by atoms with E-state index >= 15 is 0 Å². The molecule has 0 saturated heterocycles. The number of carbonyl (C=O) groups is 1. The van der Waals surface area contributed by atoms with Crippen LogP contribution in [0.3, 0.4) is 0 Å². The molecule has 19 heavy (non-hydrogen) atoms. The summed E-state index contributed by atoms with van der Waals surface area (Å²) in [6.45, 7) is 0. The van der Waals surface area contributed by atoms with Crippen LogP contribution in [0.15, 0.2) is 24.3 Å². The van der Waals surface area contributed by atoms with Crippen LogP contribution in [0.2, 0.25) is 0 Å². The molecule has 1 aliphatic carbocycles. The van der Waals surface area contributed by atoms with Crippen LogP contribution >= 0.6 is 0 Å². The van der Waals surface area contributed by atoms with E-state index in [2.05, 4.69) is 5.32 Å². The number of methoxy groups -OCH3 is 2. The summed E-state index contributed by atoms with van der Waals surface area (Å²) in [5, 5.41) is 2.96. The van der Waals surface area contributed by atoms with Crippen molar-refractivity contribution in [2.75, 3.05) is 19.5 Å². The van der Waals surface area contributed by atoms with Gasteiger partial charge < -0.3 is 14.8 Å². The molecule has 1 aromatic carbocycles. The Kier molecular flexibility index (Phi) is 4.80. The summed E-state index contributed by atoms with van der Waals surface area (Å²) in [5.74, 6) is 1.01. The van der Waals surface area contributed by atoms with Crippen molar-refractivity contribution in [3.63, 3.8) is 0 Å². The number of benzene rings is 1. The molecule has 4 heteroatoms. The number of ether oxygens (including phenoxy) is 2. The fraction of sp³-hybridized carbons (Fsp3) is 0.533. The van der Waals surface area contributed by atoms with E-state index < -0.39 is 0 Å². The molecule has 1 aromatic rings. The third-order valence-electron chi connectivity index (χ3n) is 3.74. The quantitative estimate of drug-likeness (QED) is 0.908. The van der Waals surface area contributed by atoms with Crippen molar-refractivity contribution in [1.82, 2.24) is 0 Å². The topological polar surface area (TPSA) is 47.6 Å². The third-order valence-corrected chi connectivity index (χ3v) is 3.74. The van der Waals surface area contributed by atoms with Crippen molar-refractivity contribution in [2.24, 2.45) is 5.92 Å². The molecule has 1 saturated carbocycles. The van der Waals surface area contributed by atoms with Gasteiger partial charge in [0.25, 0.3) is 0 Å². The van der Waals surface area contributed by atoms with Gasteiger partial charge in [0.05, 0.1) is 13.2 Å². The summed E-state index contributed by atoms with van der Waals surface area (Å²) in [5.41, 5.74) is 0.819. The second-order valence-corrected chi connectivity index (χ2v) is 4.93. The van der Waals surface area contributed by atoms with E-state index in [1.54, 1.807) is 14.2 Å². The van der Waals surface area contributed by atoms with Crippen LogP contribution in [0.5, 0.6) is 5.75 Å². The van der Waals surface area contributed by atoms with Crippen LogP contribution in [0.1, 0.15) is 25.7 Å². The molecule has 4 nitrogen and oxygen atoms in total. The second kappa shape index (κ2) is 6.57. The van der Waals surface area contributed by atoms with Crippen LogP contribution in [-0.2, 0) is 9.53 Å². The van der Waals surface area contributed by atoms with Crippen LogP contribution in [0.25, 0.3) is 0 Å². The van der Waals surface area contributed by atoms with Crippen LogP contribution < -0.4 is 10.1 Å². The minimum atomic E-state index is 0.105. The first kappa shape index (κ1) is 13.9. The lowest BCUT2D eigenvalue weighted by atomic mass is 9.87. The number of anilines is 1. The Bertz CT molecular complexity index is 408. The van der Waals surface area contributed by atoms with E-state index in [9.17, 15) is 4.79 Å². The maximum Gasteiger partial charge on any atom is 0.227 e. The molecule has 0 radical (unpaired) electrons. The Morgan fingerprint density at radius 3 is 2.26 bits per heavy atom. The molecule has 1 N–H and O–H groups in total. The van der Waals surface area contributed by atoms with Crippen LogP contribution in [0.4, 0.5) is 5.69 Å².